The summed E-state index contributed by atoms with van der Waals surface area (Å²) in [6.07, 6.45) is 0. The second-order valence-electron chi connectivity index (χ2n) is 9.21. The molecule has 1 aliphatic heterocycles. The van der Waals surface area contributed by atoms with E-state index in [4.69, 9.17) is 5.73 Å². The second-order valence-corrected chi connectivity index (χ2v) is 9.21. The Hall–Kier alpha value is -2.93. The summed E-state index contributed by atoms with van der Waals surface area (Å²) in [6.45, 7) is 10.4. The number of anilines is 1. The van der Waals surface area contributed by atoms with Crippen molar-refractivity contribution in [3.8, 4) is 0 Å². The SMILES string of the molecule is C[C@@H]1CN(C(=O)c2ccc(N)c(F)c2)CCN1Cc1cccc(C(=O)NC(C)(C)C)c1. The number of nitrogens with two attached hydrogens (primary N) is 1. The van der Waals surface area contributed by atoms with Gasteiger partial charge in [0.15, 0.2) is 0 Å². The van der Waals surface area contributed by atoms with Crippen molar-refractivity contribution in [3.05, 3.63) is 65.0 Å². The fourth-order valence-electron chi connectivity index (χ4n) is 3.72. The summed E-state index contributed by atoms with van der Waals surface area (Å²) in [7, 11) is 0. The van der Waals surface area contributed by atoms with E-state index in [-0.39, 0.29) is 29.1 Å². The molecule has 166 valence electrons. The van der Waals surface area contributed by atoms with Crippen LogP contribution in [0.15, 0.2) is 42.5 Å². The number of amides is 2. The van der Waals surface area contributed by atoms with Crippen molar-refractivity contribution >= 4 is 17.5 Å². The number of hydrogen-bond donors (Lipinski definition) is 2. The Balaban J connectivity index is 1.63. The molecule has 3 rings (SSSR count). The van der Waals surface area contributed by atoms with Crippen LogP contribution in [0.3, 0.4) is 0 Å². The summed E-state index contributed by atoms with van der Waals surface area (Å²) < 4.78 is 13.7. The Morgan fingerprint density at radius 1 is 1.13 bits per heavy atom. The molecule has 1 aliphatic rings. The molecule has 1 atom stereocenters. The molecule has 0 bridgehead atoms. The van der Waals surface area contributed by atoms with E-state index in [0.29, 0.717) is 37.3 Å². The number of nitrogens with zero attached hydrogens (tertiary/aromatic N) is 2. The highest BCUT2D eigenvalue weighted by Gasteiger charge is 2.28. The highest BCUT2D eigenvalue weighted by atomic mass is 19.1. The van der Waals surface area contributed by atoms with Crippen LogP contribution in [0, 0.1) is 5.82 Å². The summed E-state index contributed by atoms with van der Waals surface area (Å²) >= 11 is 0. The number of hydrogen-bond acceptors (Lipinski definition) is 4. The van der Waals surface area contributed by atoms with E-state index >= 15 is 0 Å². The van der Waals surface area contributed by atoms with Crippen LogP contribution in [0.5, 0.6) is 0 Å². The molecular weight excluding hydrogens is 395 g/mol. The Bertz CT molecular complexity index is 970. The van der Waals surface area contributed by atoms with Gasteiger partial charge >= 0.3 is 0 Å². The molecule has 0 spiro atoms. The summed E-state index contributed by atoms with van der Waals surface area (Å²) in [5, 5.41) is 2.99. The fraction of sp³-hybridized carbons (Fsp3) is 0.417. The minimum Gasteiger partial charge on any atom is -0.396 e. The number of piperazine rings is 1. The van der Waals surface area contributed by atoms with Crippen LogP contribution < -0.4 is 11.1 Å². The largest absolute Gasteiger partial charge is 0.396 e. The van der Waals surface area contributed by atoms with E-state index in [1.165, 1.54) is 12.1 Å². The first kappa shape index (κ1) is 22.7. The van der Waals surface area contributed by atoms with Crippen molar-refractivity contribution in [2.75, 3.05) is 25.4 Å². The average molecular weight is 427 g/mol. The third kappa shape index (κ3) is 5.82. The van der Waals surface area contributed by atoms with Crippen LogP contribution in [-0.2, 0) is 6.54 Å². The number of nitrogens with one attached hydrogen (secondary N) is 1. The van der Waals surface area contributed by atoms with Gasteiger partial charge in [-0.1, -0.05) is 12.1 Å². The van der Waals surface area contributed by atoms with Gasteiger partial charge in [0.05, 0.1) is 5.69 Å². The molecule has 0 unspecified atom stereocenters. The van der Waals surface area contributed by atoms with Gasteiger partial charge in [-0.3, -0.25) is 14.5 Å². The highest BCUT2D eigenvalue weighted by molar-refractivity contribution is 5.95. The maximum absolute atomic E-state index is 13.7. The van der Waals surface area contributed by atoms with Crippen molar-refractivity contribution in [1.29, 1.82) is 0 Å². The zero-order chi connectivity index (χ0) is 22.8. The third-order valence-corrected chi connectivity index (χ3v) is 5.36. The number of nitrogen functional groups attached to an aromatic ring is 1. The highest BCUT2D eigenvalue weighted by Crippen LogP contribution is 2.19. The lowest BCUT2D eigenvalue weighted by Crippen LogP contribution is -2.53. The molecule has 6 nitrogen and oxygen atoms in total. The van der Waals surface area contributed by atoms with Crippen molar-refractivity contribution < 1.29 is 14.0 Å². The normalized spacial score (nSPS) is 17.5. The quantitative estimate of drug-likeness (QED) is 0.736. The van der Waals surface area contributed by atoms with Crippen LogP contribution in [-0.4, -0.2) is 52.8 Å². The van der Waals surface area contributed by atoms with Gasteiger partial charge in [-0.05, 0) is 63.6 Å². The van der Waals surface area contributed by atoms with E-state index < -0.39 is 5.82 Å². The molecule has 31 heavy (non-hydrogen) atoms. The minimum atomic E-state index is -0.576. The number of carbonyl (C=O) groups excluding carboxylic acids is 2. The molecule has 0 aromatic heterocycles. The van der Waals surface area contributed by atoms with E-state index in [2.05, 4.69) is 17.1 Å². The number of carbonyl (C=O) groups is 2. The van der Waals surface area contributed by atoms with Crippen LogP contribution in [0.4, 0.5) is 10.1 Å². The van der Waals surface area contributed by atoms with Crippen LogP contribution >= 0.6 is 0 Å². The first-order chi connectivity index (χ1) is 14.5. The first-order valence-corrected chi connectivity index (χ1v) is 10.5. The number of benzene rings is 2. The predicted octanol–water partition coefficient (Wildman–Crippen LogP) is 3.28. The monoisotopic (exact) mass is 426 g/mol. The van der Waals surface area contributed by atoms with Gasteiger partial charge in [-0.15, -0.1) is 0 Å². The predicted molar refractivity (Wildman–Crippen MR) is 120 cm³/mol. The molecule has 7 heteroatoms. The van der Waals surface area contributed by atoms with Gasteiger partial charge in [0.25, 0.3) is 11.8 Å². The molecule has 0 aliphatic carbocycles. The summed E-state index contributed by atoms with van der Waals surface area (Å²) in [6, 6.07) is 11.9. The lowest BCUT2D eigenvalue weighted by atomic mass is 10.0. The van der Waals surface area contributed by atoms with Crippen LogP contribution in [0.1, 0.15) is 54.0 Å². The van der Waals surface area contributed by atoms with Gasteiger partial charge in [0.1, 0.15) is 5.82 Å². The lowest BCUT2D eigenvalue weighted by Gasteiger charge is -2.40. The van der Waals surface area contributed by atoms with E-state index in [9.17, 15) is 14.0 Å². The van der Waals surface area contributed by atoms with Gasteiger partial charge < -0.3 is 16.0 Å². The molecule has 1 fully saturated rings. The Morgan fingerprint density at radius 2 is 1.87 bits per heavy atom. The molecule has 2 amide bonds. The molecule has 2 aromatic rings. The average Bonchev–Trinajstić information content (AvgIpc) is 2.70. The summed E-state index contributed by atoms with van der Waals surface area (Å²) in [5.41, 5.74) is 7.25. The Kier molecular flexibility index (Phi) is 6.65. The van der Waals surface area contributed by atoms with Crippen LogP contribution in [0.2, 0.25) is 0 Å². The third-order valence-electron chi connectivity index (χ3n) is 5.36. The standard InChI is InChI=1S/C24H31FN4O2/c1-16-14-29(23(31)19-8-9-21(26)20(25)13-19)11-10-28(16)15-17-6-5-7-18(12-17)22(30)27-24(2,3)4/h5-9,12-13,16H,10-11,14-15,26H2,1-4H3,(H,27,30)/t16-/m1/s1. The first-order valence-electron chi connectivity index (χ1n) is 10.5. The van der Waals surface area contributed by atoms with E-state index in [0.717, 1.165) is 5.56 Å². The maximum atomic E-state index is 13.7. The Morgan fingerprint density at radius 3 is 2.52 bits per heavy atom. The molecule has 1 saturated heterocycles. The van der Waals surface area contributed by atoms with Crippen LogP contribution in [0.25, 0.3) is 0 Å². The van der Waals surface area contributed by atoms with Crippen molar-refractivity contribution in [2.45, 2.75) is 45.8 Å². The van der Waals surface area contributed by atoms with E-state index in [1.807, 2.05) is 45.0 Å². The van der Waals surface area contributed by atoms with E-state index in [1.54, 1.807) is 11.0 Å². The Labute approximate surface area is 183 Å². The molecule has 2 aromatic carbocycles. The maximum Gasteiger partial charge on any atom is 0.254 e. The summed E-state index contributed by atoms with van der Waals surface area (Å²) in [4.78, 5) is 29.3. The number of rotatable bonds is 4. The second kappa shape index (κ2) is 9.06. The molecule has 1 heterocycles. The van der Waals surface area contributed by atoms with Gasteiger partial charge in [0, 0.05) is 48.9 Å². The minimum absolute atomic E-state index is 0.0353. The van der Waals surface area contributed by atoms with Gasteiger partial charge in [-0.2, -0.15) is 0 Å². The number of halogens is 1. The smallest absolute Gasteiger partial charge is 0.254 e. The molecule has 0 radical (unpaired) electrons. The summed E-state index contributed by atoms with van der Waals surface area (Å²) in [5.74, 6) is -0.854. The zero-order valence-corrected chi connectivity index (χ0v) is 18.6. The topological polar surface area (TPSA) is 78.7 Å². The van der Waals surface area contributed by atoms with Crippen molar-refractivity contribution in [1.82, 2.24) is 15.1 Å². The van der Waals surface area contributed by atoms with Gasteiger partial charge in [0.2, 0.25) is 0 Å². The van der Waals surface area contributed by atoms with Crippen molar-refractivity contribution in [2.24, 2.45) is 0 Å². The van der Waals surface area contributed by atoms with Gasteiger partial charge in [-0.25, -0.2) is 4.39 Å². The molecular formula is C24H31FN4O2. The fourth-order valence-corrected chi connectivity index (χ4v) is 3.72. The molecule has 3 N–H and O–H groups in total. The zero-order valence-electron chi connectivity index (χ0n) is 18.6. The molecule has 0 saturated carbocycles. The lowest BCUT2D eigenvalue weighted by molar-refractivity contribution is 0.0494. The van der Waals surface area contributed by atoms with Crippen molar-refractivity contribution in [3.63, 3.8) is 0 Å².